The number of rotatable bonds is 5. The van der Waals surface area contributed by atoms with Crippen LogP contribution in [-0.2, 0) is 0 Å². The van der Waals surface area contributed by atoms with Crippen LogP contribution in [0.4, 0.5) is 0 Å². The molecule has 0 aliphatic heterocycles. The number of benzene rings is 10. The Morgan fingerprint density at radius 3 is 1.53 bits per heavy atom. The third-order valence-corrected chi connectivity index (χ3v) is 12.4. The van der Waals surface area contributed by atoms with Gasteiger partial charge in [0.15, 0.2) is 17.5 Å². The molecule has 0 aliphatic rings. The predicted molar refractivity (Wildman–Crippen MR) is 256 cm³/mol. The van der Waals surface area contributed by atoms with Gasteiger partial charge in [-0.05, 0) is 92.0 Å². The fourth-order valence-corrected chi connectivity index (χ4v) is 9.60. The highest BCUT2D eigenvalue weighted by Crippen LogP contribution is 2.43. The van der Waals surface area contributed by atoms with Crippen LogP contribution in [0.5, 0.6) is 0 Å². The molecule has 5 heteroatoms. The van der Waals surface area contributed by atoms with E-state index >= 15 is 0 Å². The summed E-state index contributed by atoms with van der Waals surface area (Å²) in [6, 6.07) is 72.8. The Hall–Kier alpha value is -8.41. The topological polar surface area (TPSA) is 56.7 Å². The van der Waals surface area contributed by atoms with E-state index in [1.54, 1.807) is 0 Å². The normalized spacial score (nSPS) is 11.9. The van der Waals surface area contributed by atoms with Crippen molar-refractivity contribution in [3.63, 3.8) is 0 Å². The Kier molecular flexibility index (Phi) is 7.54. The first kappa shape index (κ1) is 34.5. The molecule has 0 unspecified atom stereocenters. The lowest BCUT2D eigenvalue weighted by atomic mass is 9.94. The molecule has 0 bridgehead atoms. The van der Waals surface area contributed by atoms with Crippen LogP contribution in [0.1, 0.15) is 0 Å². The van der Waals surface area contributed by atoms with Crippen LogP contribution in [0.15, 0.2) is 211 Å². The van der Waals surface area contributed by atoms with E-state index < -0.39 is 0 Å². The lowest BCUT2D eigenvalue weighted by Crippen LogP contribution is -2.03. The number of para-hydroxylation sites is 2. The van der Waals surface area contributed by atoms with Crippen LogP contribution >= 0.6 is 0 Å². The number of fused-ring (bicyclic) bond motifs is 9. The summed E-state index contributed by atoms with van der Waals surface area (Å²) in [6.45, 7) is 0. The van der Waals surface area contributed by atoms with Crippen molar-refractivity contribution in [3.8, 4) is 51.0 Å². The van der Waals surface area contributed by atoms with Gasteiger partial charge in [0, 0.05) is 43.9 Å². The summed E-state index contributed by atoms with van der Waals surface area (Å²) in [5.41, 5.74) is 9.81. The molecule has 0 atom stereocenters. The Morgan fingerprint density at radius 1 is 0.306 bits per heavy atom. The fourth-order valence-electron chi connectivity index (χ4n) is 9.60. The highest BCUT2D eigenvalue weighted by molar-refractivity contribution is 6.15. The van der Waals surface area contributed by atoms with Crippen LogP contribution in [-0.4, -0.2) is 19.5 Å². The van der Waals surface area contributed by atoms with Crippen molar-refractivity contribution in [2.45, 2.75) is 0 Å². The Bertz CT molecular complexity index is 3840. The number of aromatic nitrogens is 4. The minimum Gasteiger partial charge on any atom is -0.456 e. The summed E-state index contributed by atoms with van der Waals surface area (Å²) < 4.78 is 8.91. The smallest absolute Gasteiger partial charge is 0.164 e. The van der Waals surface area contributed by atoms with Gasteiger partial charge in [0.05, 0.1) is 11.0 Å². The largest absolute Gasteiger partial charge is 0.456 e. The summed E-state index contributed by atoms with van der Waals surface area (Å²) in [6.07, 6.45) is 0. The molecule has 0 saturated carbocycles. The molecule has 0 N–H and O–H groups in total. The van der Waals surface area contributed by atoms with E-state index in [0.29, 0.717) is 17.5 Å². The molecule has 3 aromatic heterocycles. The first-order valence-electron chi connectivity index (χ1n) is 20.9. The second-order valence-electron chi connectivity index (χ2n) is 15.9. The third kappa shape index (κ3) is 5.32. The Balaban J connectivity index is 1.14. The van der Waals surface area contributed by atoms with E-state index in [2.05, 4.69) is 199 Å². The van der Waals surface area contributed by atoms with Gasteiger partial charge in [0.1, 0.15) is 11.2 Å². The van der Waals surface area contributed by atoms with Gasteiger partial charge in [-0.25, -0.2) is 15.0 Å². The molecule has 62 heavy (non-hydrogen) atoms. The van der Waals surface area contributed by atoms with Crippen molar-refractivity contribution < 1.29 is 4.42 Å². The van der Waals surface area contributed by atoms with E-state index in [0.717, 1.165) is 88.0 Å². The van der Waals surface area contributed by atoms with Crippen molar-refractivity contribution in [2.24, 2.45) is 0 Å². The van der Waals surface area contributed by atoms with E-state index in [9.17, 15) is 0 Å². The van der Waals surface area contributed by atoms with Gasteiger partial charge in [-0.3, -0.25) is 0 Å². The van der Waals surface area contributed by atoms with E-state index in [-0.39, 0.29) is 0 Å². The zero-order chi connectivity index (χ0) is 40.7. The third-order valence-electron chi connectivity index (χ3n) is 12.4. The van der Waals surface area contributed by atoms with Crippen LogP contribution in [0, 0.1) is 0 Å². The Labute approximate surface area is 355 Å². The molecule has 3 heterocycles. The predicted octanol–water partition coefficient (Wildman–Crippen LogP) is 15.0. The number of hydrogen-bond donors (Lipinski definition) is 0. The van der Waals surface area contributed by atoms with Gasteiger partial charge in [0.2, 0.25) is 0 Å². The maximum Gasteiger partial charge on any atom is 0.164 e. The minimum atomic E-state index is 0.588. The van der Waals surface area contributed by atoms with Crippen LogP contribution in [0.3, 0.4) is 0 Å². The summed E-state index contributed by atoms with van der Waals surface area (Å²) >= 11 is 0. The average Bonchev–Trinajstić information content (AvgIpc) is 3.88. The summed E-state index contributed by atoms with van der Waals surface area (Å²) in [4.78, 5) is 16.1. The second-order valence-corrected chi connectivity index (χ2v) is 15.9. The van der Waals surface area contributed by atoms with Crippen LogP contribution < -0.4 is 0 Å². The van der Waals surface area contributed by atoms with Crippen molar-refractivity contribution >= 4 is 76.1 Å². The summed E-state index contributed by atoms with van der Waals surface area (Å²) in [7, 11) is 0. The van der Waals surface area contributed by atoms with Crippen molar-refractivity contribution in [1.29, 1.82) is 0 Å². The molecule has 0 spiro atoms. The quantitative estimate of drug-likeness (QED) is 0.174. The maximum absolute atomic E-state index is 6.51. The van der Waals surface area contributed by atoms with E-state index in [1.807, 2.05) is 12.1 Å². The molecule has 10 aromatic carbocycles. The van der Waals surface area contributed by atoms with Gasteiger partial charge < -0.3 is 8.98 Å². The average molecular weight is 791 g/mol. The molecule has 0 fully saturated rings. The summed E-state index contributed by atoms with van der Waals surface area (Å²) in [5.74, 6) is 1.82. The zero-order valence-electron chi connectivity index (χ0n) is 33.3. The molecule has 5 nitrogen and oxygen atoms in total. The number of furan rings is 1. The van der Waals surface area contributed by atoms with Gasteiger partial charge >= 0.3 is 0 Å². The van der Waals surface area contributed by atoms with Crippen molar-refractivity contribution in [1.82, 2.24) is 19.5 Å². The van der Waals surface area contributed by atoms with E-state index in [1.165, 1.54) is 21.5 Å². The van der Waals surface area contributed by atoms with Crippen molar-refractivity contribution in [2.75, 3.05) is 0 Å². The Morgan fingerprint density at radius 2 is 0.823 bits per heavy atom. The molecule has 13 rings (SSSR count). The van der Waals surface area contributed by atoms with Gasteiger partial charge in [-0.1, -0.05) is 158 Å². The second kappa shape index (κ2) is 13.6. The van der Waals surface area contributed by atoms with Gasteiger partial charge in [-0.2, -0.15) is 0 Å². The maximum atomic E-state index is 6.51. The number of nitrogens with zero attached hydrogens (tertiary/aromatic N) is 4. The first-order chi connectivity index (χ1) is 30.7. The fraction of sp³-hybridized carbons (Fsp3) is 0. The summed E-state index contributed by atoms with van der Waals surface area (Å²) in [5, 5.41) is 11.4. The zero-order valence-corrected chi connectivity index (χ0v) is 33.3. The lowest BCUT2D eigenvalue weighted by Gasteiger charge is -2.17. The molecule has 13 aromatic rings. The molecule has 288 valence electrons. The molecule has 0 radical (unpaired) electrons. The van der Waals surface area contributed by atoms with Crippen LogP contribution in [0.2, 0.25) is 0 Å². The SMILES string of the molecule is c1ccc2cc3c(cc2c1)c1ccccc1n3-c1ccc(-c2nc(-c3cccc4ccccc34)nc(-c3cccc4ccccc34)n2)c(-c2cccc3oc4ccccc4c23)c1. The lowest BCUT2D eigenvalue weighted by molar-refractivity contribution is 0.669. The molecular weight excluding hydrogens is 757 g/mol. The standard InChI is InChI=1S/C57H34N4O/c1-2-17-38-33-51-49(32-37(38)16-1)42-22-7-9-27-50(42)61(51)39-30-31-46(48(34-39)43-24-13-29-53-54(43)47-23-8-10-28-52(47)62-53)57-59-55(44-25-11-18-35-14-3-5-20-40(35)44)58-56(60-57)45-26-12-19-36-15-4-6-21-41(36)45/h1-34H. The highest BCUT2D eigenvalue weighted by Gasteiger charge is 2.22. The van der Waals surface area contributed by atoms with E-state index in [4.69, 9.17) is 19.4 Å². The molecule has 0 amide bonds. The van der Waals surface area contributed by atoms with Crippen molar-refractivity contribution in [3.05, 3.63) is 206 Å². The highest BCUT2D eigenvalue weighted by atomic mass is 16.3. The molecule has 0 saturated heterocycles. The minimum absolute atomic E-state index is 0.588. The molecule has 0 aliphatic carbocycles. The van der Waals surface area contributed by atoms with Crippen LogP contribution in [0.25, 0.3) is 127 Å². The molecular formula is C57H34N4O. The monoisotopic (exact) mass is 790 g/mol. The van der Waals surface area contributed by atoms with Gasteiger partial charge in [-0.15, -0.1) is 0 Å². The first-order valence-corrected chi connectivity index (χ1v) is 20.9. The number of hydrogen-bond acceptors (Lipinski definition) is 4. The van der Waals surface area contributed by atoms with Gasteiger partial charge in [0.25, 0.3) is 0 Å².